The Morgan fingerprint density at radius 1 is 1.00 bits per heavy atom. The molecule has 0 aliphatic heterocycles. The minimum atomic E-state index is -5.08. The smallest absolute Gasteiger partial charge is 0.478 e. The molecule has 30 heavy (non-hydrogen) atoms. The molecule has 0 aliphatic rings. The normalized spacial score (nSPS) is 11.1. The Bertz CT molecular complexity index is 1020. The molecule has 0 aromatic heterocycles. The number of carboxylic acid groups (broad SMARTS) is 2. The van der Waals surface area contributed by atoms with Gasteiger partial charge < -0.3 is 15.1 Å². The number of rotatable bonds is 5. The van der Waals surface area contributed by atoms with Crippen LogP contribution in [0, 0.1) is 5.82 Å². The number of alkyl halides is 3. The lowest BCUT2D eigenvalue weighted by atomic mass is 10.1. The Hall–Kier alpha value is -3.35. The second-order valence-corrected chi connectivity index (χ2v) is 7.48. The van der Waals surface area contributed by atoms with E-state index in [1.54, 1.807) is 19.0 Å². The highest BCUT2D eigenvalue weighted by atomic mass is 32.2. The molecule has 0 aliphatic carbocycles. The van der Waals surface area contributed by atoms with Crippen molar-refractivity contribution in [3.63, 3.8) is 0 Å². The first kappa shape index (κ1) is 24.7. The zero-order chi connectivity index (χ0) is 23.3. The minimum absolute atomic E-state index is 0.0330. The average molecular weight is 452 g/mol. The maximum Gasteiger partial charge on any atom is 0.490 e. The van der Waals surface area contributed by atoms with E-state index >= 15 is 0 Å². The predicted octanol–water partition coefficient (Wildman–Crippen LogP) is 3.02. The summed E-state index contributed by atoms with van der Waals surface area (Å²) < 4.78 is 71.3. The van der Waals surface area contributed by atoms with Crippen LogP contribution < -0.4 is 9.62 Å². The lowest BCUT2D eigenvalue weighted by molar-refractivity contribution is -0.192. The summed E-state index contributed by atoms with van der Waals surface area (Å²) in [7, 11) is -0.560. The summed E-state index contributed by atoms with van der Waals surface area (Å²) in [4.78, 5) is 21.7. The topological polar surface area (TPSA) is 124 Å². The SMILES string of the molecule is CN(C)c1ccc(NS(=O)(=O)c2ccc(F)cc2)cc1C(=O)O.O=C(O)C(F)(F)F. The van der Waals surface area contributed by atoms with Gasteiger partial charge in [0.1, 0.15) is 5.82 Å². The van der Waals surface area contributed by atoms with Crippen molar-refractivity contribution in [3.8, 4) is 0 Å². The number of benzene rings is 2. The van der Waals surface area contributed by atoms with Gasteiger partial charge in [-0.05, 0) is 42.5 Å². The standard InChI is InChI=1S/C15H15FN2O4S.C2HF3O2/c1-18(2)14-8-5-11(9-13(14)15(19)20)17-23(21,22)12-6-3-10(16)4-7-12;3-2(4,5)1(6)7/h3-9,17H,1-2H3,(H,19,20);(H,6,7). The lowest BCUT2D eigenvalue weighted by Gasteiger charge is -2.17. The number of carbonyl (C=O) groups is 2. The van der Waals surface area contributed by atoms with Gasteiger partial charge in [-0.15, -0.1) is 0 Å². The van der Waals surface area contributed by atoms with E-state index in [1.165, 1.54) is 18.2 Å². The van der Waals surface area contributed by atoms with Crippen LogP contribution in [0.3, 0.4) is 0 Å². The zero-order valence-corrected chi connectivity index (χ0v) is 16.3. The summed E-state index contributed by atoms with van der Waals surface area (Å²) in [5.74, 6) is -4.48. The summed E-state index contributed by atoms with van der Waals surface area (Å²) in [6.07, 6.45) is -5.08. The van der Waals surface area contributed by atoms with Crippen LogP contribution in [-0.4, -0.2) is 50.8 Å². The number of aliphatic carboxylic acids is 1. The van der Waals surface area contributed by atoms with Crippen molar-refractivity contribution in [3.05, 3.63) is 53.8 Å². The Balaban J connectivity index is 0.000000553. The average Bonchev–Trinajstić information content (AvgIpc) is 2.61. The van der Waals surface area contributed by atoms with Crippen LogP contribution in [0.15, 0.2) is 47.4 Å². The molecule has 0 heterocycles. The number of hydrogen-bond donors (Lipinski definition) is 3. The molecule has 3 N–H and O–H groups in total. The van der Waals surface area contributed by atoms with Crippen molar-refractivity contribution in [2.24, 2.45) is 0 Å². The number of hydrogen-bond acceptors (Lipinski definition) is 5. The summed E-state index contributed by atoms with van der Waals surface area (Å²) in [6, 6.07) is 8.53. The van der Waals surface area contributed by atoms with Crippen LogP contribution in [0.2, 0.25) is 0 Å². The number of sulfonamides is 1. The van der Waals surface area contributed by atoms with Crippen LogP contribution in [0.1, 0.15) is 10.4 Å². The van der Waals surface area contributed by atoms with E-state index in [0.717, 1.165) is 24.3 Å². The van der Waals surface area contributed by atoms with E-state index in [9.17, 15) is 35.9 Å². The number of nitrogens with zero attached hydrogens (tertiary/aromatic N) is 1. The Kier molecular flexibility index (Phi) is 7.76. The number of nitrogens with one attached hydrogen (secondary N) is 1. The van der Waals surface area contributed by atoms with Crippen LogP contribution in [0.4, 0.5) is 28.9 Å². The van der Waals surface area contributed by atoms with Gasteiger partial charge >= 0.3 is 18.1 Å². The molecule has 0 bridgehead atoms. The van der Waals surface area contributed by atoms with E-state index < -0.39 is 34.0 Å². The van der Waals surface area contributed by atoms with Crippen LogP contribution in [-0.2, 0) is 14.8 Å². The van der Waals surface area contributed by atoms with Gasteiger partial charge in [0.15, 0.2) is 0 Å². The lowest BCUT2D eigenvalue weighted by Crippen LogP contribution is -2.21. The molecule has 0 saturated carbocycles. The Morgan fingerprint density at radius 3 is 1.90 bits per heavy atom. The third-order valence-electron chi connectivity index (χ3n) is 3.33. The number of anilines is 2. The predicted molar refractivity (Wildman–Crippen MR) is 98.6 cm³/mol. The highest BCUT2D eigenvalue weighted by molar-refractivity contribution is 7.92. The molecule has 0 radical (unpaired) electrons. The fraction of sp³-hybridized carbons (Fsp3) is 0.176. The van der Waals surface area contributed by atoms with E-state index in [1.807, 2.05) is 0 Å². The minimum Gasteiger partial charge on any atom is -0.478 e. The summed E-state index contributed by atoms with van der Waals surface area (Å²) in [5.41, 5.74) is 0.522. The quantitative estimate of drug-likeness (QED) is 0.596. The van der Waals surface area contributed by atoms with Gasteiger partial charge in [-0.1, -0.05) is 0 Å². The Morgan fingerprint density at radius 2 is 1.50 bits per heavy atom. The molecule has 2 rings (SSSR count). The first-order valence-electron chi connectivity index (χ1n) is 7.78. The molecule has 0 atom stereocenters. The summed E-state index contributed by atoms with van der Waals surface area (Å²) >= 11 is 0. The third-order valence-corrected chi connectivity index (χ3v) is 4.72. The van der Waals surface area contributed by atoms with Gasteiger partial charge in [-0.2, -0.15) is 13.2 Å². The van der Waals surface area contributed by atoms with Gasteiger partial charge in [-0.3, -0.25) is 4.72 Å². The fourth-order valence-corrected chi connectivity index (χ4v) is 3.04. The molecule has 164 valence electrons. The van der Waals surface area contributed by atoms with E-state index in [0.29, 0.717) is 5.69 Å². The van der Waals surface area contributed by atoms with Crippen molar-refractivity contribution < 1.29 is 45.8 Å². The van der Waals surface area contributed by atoms with E-state index in [-0.39, 0.29) is 16.1 Å². The first-order chi connectivity index (χ1) is 13.6. The number of carboxylic acids is 2. The van der Waals surface area contributed by atoms with Crippen molar-refractivity contribution in [1.29, 1.82) is 0 Å². The second-order valence-electron chi connectivity index (χ2n) is 5.79. The Labute approximate surface area is 168 Å². The molecule has 0 spiro atoms. The second kappa shape index (κ2) is 9.43. The molecular weight excluding hydrogens is 436 g/mol. The van der Waals surface area contributed by atoms with Crippen LogP contribution in [0.5, 0.6) is 0 Å². The van der Waals surface area contributed by atoms with E-state index in [4.69, 9.17) is 9.90 Å². The number of halogens is 4. The molecule has 2 aromatic carbocycles. The van der Waals surface area contributed by atoms with Gasteiger partial charge in [0.05, 0.1) is 16.1 Å². The maximum absolute atomic E-state index is 12.9. The van der Waals surface area contributed by atoms with Gasteiger partial charge in [0.2, 0.25) is 0 Å². The molecule has 8 nitrogen and oxygen atoms in total. The van der Waals surface area contributed by atoms with Crippen LogP contribution >= 0.6 is 0 Å². The number of aromatic carboxylic acids is 1. The molecule has 0 saturated heterocycles. The largest absolute Gasteiger partial charge is 0.490 e. The molecule has 13 heteroatoms. The molecule has 2 aromatic rings. The molecule has 0 fully saturated rings. The van der Waals surface area contributed by atoms with Gasteiger partial charge in [-0.25, -0.2) is 22.4 Å². The summed E-state index contributed by atoms with van der Waals surface area (Å²) in [6.45, 7) is 0. The fourth-order valence-electron chi connectivity index (χ4n) is 1.99. The van der Waals surface area contributed by atoms with Gasteiger partial charge in [0.25, 0.3) is 10.0 Å². The maximum atomic E-state index is 12.9. The van der Waals surface area contributed by atoms with Crippen LogP contribution in [0.25, 0.3) is 0 Å². The highest BCUT2D eigenvalue weighted by Crippen LogP contribution is 2.25. The van der Waals surface area contributed by atoms with Crippen molar-refractivity contribution in [2.45, 2.75) is 11.1 Å². The first-order valence-corrected chi connectivity index (χ1v) is 9.26. The van der Waals surface area contributed by atoms with Crippen molar-refractivity contribution in [1.82, 2.24) is 0 Å². The molecular formula is C17H16F4N2O6S. The summed E-state index contributed by atoms with van der Waals surface area (Å²) in [5, 5.41) is 16.4. The zero-order valence-electron chi connectivity index (χ0n) is 15.4. The van der Waals surface area contributed by atoms with E-state index in [2.05, 4.69) is 4.72 Å². The highest BCUT2D eigenvalue weighted by Gasteiger charge is 2.38. The monoisotopic (exact) mass is 452 g/mol. The molecule has 0 unspecified atom stereocenters. The van der Waals surface area contributed by atoms with Crippen molar-refractivity contribution in [2.75, 3.05) is 23.7 Å². The third kappa shape index (κ3) is 6.92. The van der Waals surface area contributed by atoms with Gasteiger partial charge in [0, 0.05) is 19.8 Å². The molecule has 0 amide bonds. The van der Waals surface area contributed by atoms with Crippen molar-refractivity contribution >= 4 is 33.3 Å².